The maximum atomic E-state index is 14.2. The van der Waals surface area contributed by atoms with Crippen LogP contribution in [0.5, 0.6) is 0 Å². The number of aromatic nitrogens is 3. The summed E-state index contributed by atoms with van der Waals surface area (Å²) in [4.78, 5) is 17.4. The third kappa shape index (κ3) is 2.60. The zero-order chi connectivity index (χ0) is 17.4. The quantitative estimate of drug-likeness (QED) is 0.680. The highest BCUT2D eigenvalue weighted by Gasteiger charge is 2.25. The number of rotatable bonds is 3. The molecule has 0 radical (unpaired) electrons. The van der Waals surface area contributed by atoms with Crippen LogP contribution < -0.4 is 4.90 Å². The molecule has 5 nitrogen and oxygen atoms in total. The second-order valence-corrected chi connectivity index (χ2v) is 5.45. The van der Waals surface area contributed by atoms with Gasteiger partial charge in [-0.05, 0) is 31.2 Å². The van der Waals surface area contributed by atoms with Crippen LogP contribution in [0.25, 0.3) is 11.0 Å². The van der Waals surface area contributed by atoms with E-state index in [2.05, 4.69) is 10.1 Å². The Balaban J connectivity index is 2.24. The largest absolute Gasteiger partial charge is 0.273 e. The molecule has 0 bridgehead atoms. The average Bonchev–Trinajstić information content (AvgIpc) is 2.84. The van der Waals surface area contributed by atoms with E-state index < -0.39 is 29.1 Å². The number of benzene rings is 1. The predicted octanol–water partition coefficient (Wildman–Crippen LogP) is 3.46. The maximum absolute atomic E-state index is 14.2. The molecule has 0 fully saturated rings. The van der Waals surface area contributed by atoms with Gasteiger partial charge in [0.25, 0.3) is 0 Å². The van der Waals surface area contributed by atoms with E-state index in [4.69, 9.17) is 11.6 Å². The summed E-state index contributed by atoms with van der Waals surface area (Å²) in [6.07, 6.45) is 0. The molecule has 1 aromatic carbocycles. The first-order chi connectivity index (χ1) is 11.4. The summed E-state index contributed by atoms with van der Waals surface area (Å²) in [5.74, 6) is -2.82. The molecular formula is C16H13ClF2N4O. The zero-order valence-corrected chi connectivity index (χ0v) is 13.7. The standard InChI is InChI=1S/C16H13ClF2N4O/c1-9-10-6-7-13(20-16(10)22(2)21-9)23(14(24)8-17)15-11(18)4-3-5-12(15)19/h3-7H,8H2,1-2H3. The fourth-order valence-corrected chi connectivity index (χ4v) is 2.67. The molecule has 24 heavy (non-hydrogen) atoms. The second kappa shape index (κ2) is 6.16. The highest BCUT2D eigenvalue weighted by molar-refractivity contribution is 6.30. The molecule has 124 valence electrons. The average molecular weight is 351 g/mol. The number of carbonyl (C=O) groups is 1. The minimum absolute atomic E-state index is 0.0696. The fraction of sp³-hybridized carbons (Fsp3) is 0.188. The van der Waals surface area contributed by atoms with E-state index in [9.17, 15) is 13.6 Å². The van der Waals surface area contributed by atoms with Crippen molar-refractivity contribution in [2.45, 2.75) is 6.92 Å². The van der Waals surface area contributed by atoms with Gasteiger partial charge < -0.3 is 0 Å². The van der Waals surface area contributed by atoms with Crippen molar-refractivity contribution in [1.29, 1.82) is 0 Å². The molecule has 3 aromatic rings. The lowest BCUT2D eigenvalue weighted by atomic mass is 10.2. The predicted molar refractivity (Wildman–Crippen MR) is 87.5 cm³/mol. The number of fused-ring (bicyclic) bond motifs is 1. The Bertz CT molecular complexity index is 921. The number of alkyl halides is 1. The van der Waals surface area contributed by atoms with Gasteiger partial charge in [0.05, 0.1) is 5.69 Å². The Morgan fingerprint density at radius 1 is 1.25 bits per heavy atom. The van der Waals surface area contributed by atoms with Crippen molar-refractivity contribution in [2.24, 2.45) is 7.05 Å². The van der Waals surface area contributed by atoms with E-state index in [0.717, 1.165) is 28.1 Å². The van der Waals surface area contributed by atoms with Gasteiger partial charge in [0.2, 0.25) is 5.91 Å². The molecule has 0 aliphatic carbocycles. The van der Waals surface area contributed by atoms with Gasteiger partial charge in [0, 0.05) is 12.4 Å². The molecule has 8 heteroatoms. The molecule has 2 aromatic heterocycles. The van der Waals surface area contributed by atoms with Crippen molar-refractivity contribution in [3.63, 3.8) is 0 Å². The van der Waals surface area contributed by atoms with Crippen LogP contribution in [0.3, 0.4) is 0 Å². The first-order valence-corrected chi connectivity index (χ1v) is 7.60. The lowest BCUT2D eigenvalue weighted by molar-refractivity contribution is -0.115. The first kappa shape index (κ1) is 16.3. The SMILES string of the molecule is Cc1nn(C)c2nc(N(C(=O)CCl)c3c(F)cccc3F)ccc12. The van der Waals surface area contributed by atoms with Crippen LogP contribution in [0.4, 0.5) is 20.3 Å². The number of anilines is 2. The summed E-state index contributed by atoms with van der Waals surface area (Å²) < 4.78 is 29.9. The molecule has 0 saturated carbocycles. The van der Waals surface area contributed by atoms with E-state index in [1.54, 1.807) is 13.1 Å². The van der Waals surface area contributed by atoms with Crippen LogP contribution in [-0.2, 0) is 11.8 Å². The van der Waals surface area contributed by atoms with Crippen LogP contribution in [0.2, 0.25) is 0 Å². The number of pyridine rings is 1. The Hall–Kier alpha value is -2.54. The highest BCUT2D eigenvalue weighted by Crippen LogP contribution is 2.31. The lowest BCUT2D eigenvalue weighted by Gasteiger charge is -2.22. The van der Waals surface area contributed by atoms with Gasteiger partial charge in [-0.25, -0.2) is 13.8 Å². The summed E-state index contributed by atoms with van der Waals surface area (Å²) in [7, 11) is 1.70. The molecule has 0 aliphatic rings. The smallest absolute Gasteiger partial charge is 0.247 e. The molecule has 0 unspecified atom stereocenters. The summed E-state index contributed by atoms with van der Waals surface area (Å²) in [6, 6.07) is 6.57. The molecular weight excluding hydrogens is 338 g/mol. The van der Waals surface area contributed by atoms with E-state index in [-0.39, 0.29) is 5.82 Å². The highest BCUT2D eigenvalue weighted by atomic mass is 35.5. The van der Waals surface area contributed by atoms with Crippen LogP contribution in [0.1, 0.15) is 5.69 Å². The zero-order valence-electron chi connectivity index (χ0n) is 12.9. The van der Waals surface area contributed by atoms with Gasteiger partial charge in [-0.3, -0.25) is 14.4 Å². The third-order valence-corrected chi connectivity index (χ3v) is 3.84. The maximum Gasteiger partial charge on any atom is 0.247 e. The van der Waals surface area contributed by atoms with Gasteiger partial charge in [0.15, 0.2) is 5.65 Å². The minimum atomic E-state index is -0.878. The molecule has 2 heterocycles. The number of nitrogens with zero attached hydrogens (tertiary/aromatic N) is 4. The Labute approximate surface area is 141 Å². The van der Waals surface area contributed by atoms with Crippen molar-refractivity contribution in [2.75, 3.05) is 10.8 Å². The summed E-state index contributed by atoms with van der Waals surface area (Å²) in [5, 5.41) is 5.03. The summed E-state index contributed by atoms with van der Waals surface area (Å²) >= 11 is 5.62. The van der Waals surface area contributed by atoms with E-state index in [1.807, 2.05) is 6.92 Å². The van der Waals surface area contributed by atoms with E-state index >= 15 is 0 Å². The number of halogens is 3. The molecule has 0 spiro atoms. The molecule has 0 aliphatic heterocycles. The van der Waals surface area contributed by atoms with Crippen molar-refractivity contribution in [3.8, 4) is 0 Å². The van der Waals surface area contributed by atoms with E-state index in [1.165, 1.54) is 16.8 Å². The third-order valence-electron chi connectivity index (χ3n) is 3.61. The van der Waals surface area contributed by atoms with Crippen LogP contribution >= 0.6 is 11.6 Å². The van der Waals surface area contributed by atoms with Crippen molar-refractivity contribution in [1.82, 2.24) is 14.8 Å². The van der Waals surface area contributed by atoms with Gasteiger partial charge >= 0.3 is 0 Å². The molecule has 0 saturated heterocycles. The van der Waals surface area contributed by atoms with Crippen molar-refractivity contribution >= 4 is 40.0 Å². The van der Waals surface area contributed by atoms with Crippen molar-refractivity contribution < 1.29 is 13.6 Å². The Morgan fingerprint density at radius 3 is 2.54 bits per heavy atom. The lowest BCUT2D eigenvalue weighted by Crippen LogP contribution is -2.29. The van der Waals surface area contributed by atoms with Crippen LogP contribution in [0.15, 0.2) is 30.3 Å². The topological polar surface area (TPSA) is 51.0 Å². The number of hydrogen-bond donors (Lipinski definition) is 0. The van der Waals surface area contributed by atoms with Gasteiger partial charge in [-0.15, -0.1) is 11.6 Å². The van der Waals surface area contributed by atoms with E-state index in [0.29, 0.717) is 5.65 Å². The number of amides is 1. The minimum Gasteiger partial charge on any atom is -0.273 e. The molecule has 0 N–H and O–H groups in total. The number of para-hydroxylation sites is 1. The number of hydrogen-bond acceptors (Lipinski definition) is 3. The van der Waals surface area contributed by atoms with Crippen molar-refractivity contribution in [3.05, 3.63) is 47.7 Å². The molecule has 3 rings (SSSR count). The number of aryl methyl sites for hydroxylation is 2. The molecule has 0 atom stereocenters. The summed E-state index contributed by atoms with van der Waals surface area (Å²) in [6.45, 7) is 1.82. The van der Waals surface area contributed by atoms with Crippen LogP contribution in [-0.4, -0.2) is 26.6 Å². The number of carbonyl (C=O) groups excluding carboxylic acids is 1. The van der Waals surface area contributed by atoms with Gasteiger partial charge in [0.1, 0.15) is 29.0 Å². The normalized spacial score (nSPS) is 11.0. The second-order valence-electron chi connectivity index (χ2n) is 5.18. The Kier molecular flexibility index (Phi) is 4.19. The fourth-order valence-electron chi connectivity index (χ4n) is 2.55. The Morgan fingerprint density at radius 2 is 1.92 bits per heavy atom. The van der Waals surface area contributed by atoms with Gasteiger partial charge in [-0.2, -0.15) is 5.10 Å². The van der Waals surface area contributed by atoms with Crippen LogP contribution in [0, 0.1) is 18.6 Å². The molecule has 1 amide bonds. The summed E-state index contributed by atoms with van der Waals surface area (Å²) in [5.41, 5.74) is 0.752. The van der Waals surface area contributed by atoms with Gasteiger partial charge in [-0.1, -0.05) is 6.07 Å². The monoisotopic (exact) mass is 350 g/mol. The first-order valence-electron chi connectivity index (χ1n) is 7.07.